The van der Waals surface area contributed by atoms with Crippen LogP contribution in [0, 0.1) is 0 Å². The van der Waals surface area contributed by atoms with Gasteiger partial charge in [0.05, 0.1) is 18.3 Å². The van der Waals surface area contributed by atoms with Gasteiger partial charge in [0, 0.05) is 35.5 Å². The summed E-state index contributed by atoms with van der Waals surface area (Å²) in [4.78, 5) is 28.2. The number of rotatable bonds is 5. The van der Waals surface area contributed by atoms with Crippen molar-refractivity contribution in [2.45, 2.75) is 42.7 Å². The van der Waals surface area contributed by atoms with Crippen molar-refractivity contribution in [1.82, 2.24) is 5.32 Å². The second-order valence-corrected chi connectivity index (χ2v) is 9.14. The molecule has 0 aliphatic carbocycles. The molecule has 1 saturated heterocycles. The minimum Gasteiger partial charge on any atom is -0.406 e. The number of hydrogen-bond acceptors (Lipinski definition) is 6. The Morgan fingerprint density at radius 3 is 2.56 bits per heavy atom. The molecule has 0 saturated carbocycles. The molecule has 1 atom stereocenters. The second kappa shape index (κ2) is 10.2. The molecule has 182 valence electrons. The summed E-state index contributed by atoms with van der Waals surface area (Å²) >= 11 is 1.42. The smallest absolute Gasteiger partial charge is 0.406 e. The first-order valence-electron chi connectivity index (χ1n) is 10.8. The van der Waals surface area contributed by atoms with Gasteiger partial charge in [0.2, 0.25) is 5.91 Å². The van der Waals surface area contributed by atoms with E-state index in [-0.39, 0.29) is 30.2 Å². The van der Waals surface area contributed by atoms with Gasteiger partial charge in [-0.2, -0.15) is 0 Å². The molecule has 0 aromatic heterocycles. The number of carbonyl (C=O) groups excluding carboxylic acids is 2. The van der Waals surface area contributed by atoms with E-state index in [2.05, 4.69) is 10.1 Å². The van der Waals surface area contributed by atoms with Crippen LogP contribution in [0.5, 0.6) is 5.75 Å². The summed E-state index contributed by atoms with van der Waals surface area (Å²) in [5.41, 5.74) is 7.61. The third-order valence-corrected chi connectivity index (χ3v) is 6.75. The maximum absolute atomic E-state index is 13.1. The van der Waals surface area contributed by atoms with E-state index >= 15 is 0 Å². The zero-order chi connectivity index (χ0) is 24.3. The van der Waals surface area contributed by atoms with Crippen LogP contribution in [-0.4, -0.2) is 49.2 Å². The fraction of sp³-hybridized carbons (Fsp3) is 0.391. The lowest BCUT2D eigenvalue weighted by Crippen LogP contribution is -2.44. The number of ether oxygens (including phenoxy) is 2. The van der Waals surface area contributed by atoms with Crippen LogP contribution in [0.25, 0.3) is 0 Å². The Balaban J connectivity index is 1.57. The standard InChI is InChI=1S/C23H24F3N3O4S/c24-23(25,26)33-17-4-1-14(2-5-17)12-29-19-11-15(21(30)28-16-7-9-32-10-8-16)3-6-20(19)34-13-18(27)22(29)31/h1-6,11,16,18H,7-10,12-13,27H2,(H,28,30)/t18-/m0/s1. The first-order valence-corrected chi connectivity index (χ1v) is 11.8. The largest absolute Gasteiger partial charge is 0.573 e. The number of amides is 2. The lowest BCUT2D eigenvalue weighted by atomic mass is 10.1. The van der Waals surface area contributed by atoms with Gasteiger partial charge >= 0.3 is 6.36 Å². The molecule has 11 heteroatoms. The van der Waals surface area contributed by atoms with E-state index in [0.717, 1.165) is 17.7 Å². The maximum atomic E-state index is 13.1. The normalized spacial score (nSPS) is 19.4. The number of fused-ring (bicyclic) bond motifs is 1. The van der Waals surface area contributed by atoms with Crippen molar-refractivity contribution in [1.29, 1.82) is 0 Å². The lowest BCUT2D eigenvalue weighted by molar-refractivity contribution is -0.274. The average Bonchev–Trinajstić information content (AvgIpc) is 2.92. The minimum absolute atomic E-state index is 0.0259. The lowest BCUT2D eigenvalue weighted by Gasteiger charge is -2.26. The summed E-state index contributed by atoms with van der Waals surface area (Å²) in [7, 11) is 0. The molecule has 0 radical (unpaired) electrons. The highest BCUT2D eigenvalue weighted by Crippen LogP contribution is 2.36. The molecule has 1 fully saturated rings. The Hall–Kier alpha value is -2.76. The van der Waals surface area contributed by atoms with E-state index in [9.17, 15) is 22.8 Å². The van der Waals surface area contributed by atoms with Gasteiger partial charge in [-0.3, -0.25) is 9.59 Å². The molecule has 34 heavy (non-hydrogen) atoms. The van der Waals surface area contributed by atoms with Crippen molar-refractivity contribution in [2.24, 2.45) is 5.73 Å². The van der Waals surface area contributed by atoms with Crippen LogP contribution in [0.1, 0.15) is 28.8 Å². The number of nitrogens with zero attached hydrogens (tertiary/aromatic N) is 1. The van der Waals surface area contributed by atoms with E-state index in [4.69, 9.17) is 10.5 Å². The van der Waals surface area contributed by atoms with Crippen LogP contribution < -0.4 is 20.7 Å². The number of hydrogen-bond donors (Lipinski definition) is 2. The quantitative estimate of drug-likeness (QED) is 0.660. The van der Waals surface area contributed by atoms with Crippen LogP contribution in [0.4, 0.5) is 18.9 Å². The number of nitrogens with one attached hydrogen (secondary N) is 1. The van der Waals surface area contributed by atoms with Gasteiger partial charge in [-0.05, 0) is 48.7 Å². The highest BCUT2D eigenvalue weighted by atomic mass is 32.2. The van der Waals surface area contributed by atoms with Crippen molar-refractivity contribution in [3.63, 3.8) is 0 Å². The van der Waals surface area contributed by atoms with E-state index in [1.807, 2.05) is 0 Å². The number of benzene rings is 2. The molecule has 2 aliphatic heterocycles. The van der Waals surface area contributed by atoms with Crippen molar-refractivity contribution >= 4 is 29.3 Å². The highest BCUT2D eigenvalue weighted by Gasteiger charge is 2.32. The fourth-order valence-corrected chi connectivity index (χ4v) is 4.80. The monoisotopic (exact) mass is 495 g/mol. The highest BCUT2D eigenvalue weighted by molar-refractivity contribution is 7.99. The Labute approximate surface area is 198 Å². The molecule has 0 unspecified atom stereocenters. The molecule has 2 aromatic rings. The molecule has 2 heterocycles. The average molecular weight is 496 g/mol. The van der Waals surface area contributed by atoms with Crippen molar-refractivity contribution < 1.29 is 32.2 Å². The summed E-state index contributed by atoms with van der Waals surface area (Å²) in [5.74, 6) is -0.551. The Morgan fingerprint density at radius 2 is 1.88 bits per heavy atom. The summed E-state index contributed by atoms with van der Waals surface area (Å²) in [6.07, 6.45) is -3.31. The fourth-order valence-electron chi connectivity index (χ4n) is 3.81. The first kappa shape index (κ1) is 24.4. The third kappa shape index (κ3) is 6.02. The Bertz CT molecular complexity index is 1040. The zero-order valence-electron chi connectivity index (χ0n) is 18.1. The summed E-state index contributed by atoms with van der Waals surface area (Å²) in [5, 5.41) is 3.01. The van der Waals surface area contributed by atoms with Gasteiger partial charge in [-0.25, -0.2) is 0 Å². The van der Waals surface area contributed by atoms with Crippen molar-refractivity contribution in [2.75, 3.05) is 23.9 Å². The van der Waals surface area contributed by atoms with Gasteiger partial charge in [0.15, 0.2) is 0 Å². The molecule has 2 aromatic carbocycles. The van der Waals surface area contributed by atoms with Gasteiger partial charge in [0.1, 0.15) is 5.75 Å². The van der Waals surface area contributed by atoms with E-state index in [1.54, 1.807) is 18.2 Å². The van der Waals surface area contributed by atoms with Crippen molar-refractivity contribution in [3.8, 4) is 5.75 Å². The third-order valence-electron chi connectivity index (χ3n) is 5.57. The molecule has 4 rings (SSSR count). The zero-order valence-corrected chi connectivity index (χ0v) is 19.0. The van der Waals surface area contributed by atoms with Crippen LogP contribution in [-0.2, 0) is 16.1 Å². The summed E-state index contributed by atoms with van der Waals surface area (Å²) < 4.78 is 46.6. The number of alkyl halides is 3. The Kier molecular flexibility index (Phi) is 7.34. The molecule has 7 nitrogen and oxygen atoms in total. The molecular weight excluding hydrogens is 471 g/mol. The minimum atomic E-state index is -4.78. The Morgan fingerprint density at radius 1 is 1.18 bits per heavy atom. The van der Waals surface area contributed by atoms with Crippen LogP contribution in [0.3, 0.4) is 0 Å². The number of nitrogens with two attached hydrogens (primary N) is 1. The van der Waals surface area contributed by atoms with Crippen molar-refractivity contribution in [3.05, 3.63) is 53.6 Å². The number of thioether (sulfide) groups is 1. The predicted molar refractivity (Wildman–Crippen MR) is 121 cm³/mol. The van der Waals surface area contributed by atoms with Crippen LogP contribution in [0.2, 0.25) is 0 Å². The molecule has 2 aliphatic rings. The molecule has 3 N–H and O–H groups in total. The van der Waals surface area contributed by atoms with Crippen LogP contribution >= 0.6 is 11.8 Å². The van der Waals surface area contributed by atoms with Gasteiger partial charge in [-0.1, -0.05) is 12.1 Å². The second-order valence-electron chi connectivity index (χ2n) is 8.08. The molecule has 2 amide bonds. The van der Waals surface area contributed by atoms with E-state index in [0.29, 0.717) is 35.8 Å². The molecule has 0 spiro atoms. The number of carbonyl (C=O) groups is 2. The van der Waals surface area contributed by atoms with Crippen LogP contribution in [0.15, 0.2) is 47.4 Å². The summed E-state index contributed by atoms with van der Waals surface area (Å²) in [6, 6.07) is 9.73. The maximum Gasteiger partial charge on any atom is 0.573 e. The first-order chi connectivity index (χ1) is 16.2. The number of halogens is 3. The van der Waals surface area contributed by atoms with Gasteiger partial charge < -0.3 is 25.4 Å². The summed E-state index contributed by atoms with van der Waals surface area (Å²) in [6.45, 7) is 1.27. The number of anilines is 1. The topological polar surface area (TPSA) is 93.9 Å². The van der Waals surface area contributed by atoms with E-state index < -0.39 is 12.4 Å². The SMILES string of the molecule is N[C@H]1CSc2ccc(C(=O)NC3CCOCC3)cc2N(Cc2ccc(OC(F)(F)F)cc2)C1=O. The van der Waals surface area contributed by atoms with Gasteiger partial charge in [0.25, 0.3) is 5.91 Å². The molecule has 0 bridgehead atoms. The predicted octanol–water partition coefficient (Wildman–Crippen LogP) is 3.46. The van der Waals surface area contributed by atoms with E-state index in [1.165, 1.54) is 40.9 Å². The molecular formula is C23H24F3N3O4S. The van der Waals surface area contributed by atoms with Gasteiger partial charge in [-0.15, -0.1) is 24.9 Å².